The van der Waals surface area contributed by atoms with Gasteiger partial charge in [-0.2, -0.15) is 0 Å². The van der Waals surface area contributed by atoms with E-state index in [2.05, 4.69) is 5.32 Å². The number of nitrogens with one attached hydrogen (secondary N) is 1. The zero-order valence-electron chi connectivity index (χ0n) is 21.4. The Hall–Kier alpha value is -3.34. The second kappa shape index (κ2) is 12.6. The van der Waals surface area contributed by atoms with Crippen LogP contribution in [0.3, 0.4) is 0 Å². The average molecular weight is 524 g/mol. The Balaban J connectivity index is 2.45. The Labute approximate surface area is 212 Å². The number of carbonyl (C=O) groups is 2. The molecule has 2 aromatic carbocycles. The third-order valence-corrected chi connectivity index (χ3v) is 6.90. The number of methoxy groups -OCH3 is 2. The first-order valence-corrected chi connectivity index (χ1v) is 13.3. The highest BCUT2D eigenvalue weighted by atomic mass is 32.2. The van der Waals surface area contributed by atoms with Crippen molar-refractivity contribution in [2.45, 2.75) is 45.8 Å². The van der Waals surface area contributed by atoms with E-state index in [0.717, 1.165) is 10.6 Å². The lowest BCUT2D eigenvalue weighted by Crippen LogP contribution is -2.52. The molecule has 2 amide bonds. The highest BCUT2D eigenvalue weighted by Gasteiger charge is 2.31. The quantitative estimate of drug-likeness (QED) is 0.459. The molecule has 0 unspecified atom stereocenters. The summed E-state index contributed by atoms with van der Waals surface area (Å²) in [5.41, 5.74) is 0.730. The molecule has 1 N–H and O–H groups in total. The standard InChI is InChI=1S/C25H34FN3O6S/c1-7-17(2)27-25(31)18(3)28(15-19-8-10-20(26)11-9-19)24(30)16-29(36(6,32)33)22-13-12-21(34-4)14-23(22)35-5/h8-14,17-18H,7,15-16H2,1-6H3,(H,27,31)/t17-,18-/m1/s1. The molecule has 2 atom stereocenters. The summed E-state index contributed by atoms with van der Waals surface area (Å²) in [6, 6.07) is 9.05. The minimum absolute atomic E-state index is 0.0223. The molecular weight excluding hydrogens is 489 g/mol. The molecule has 0 heterocycles. The number of ether oxygens (including phenoxy) is 2. The van der Waals surface area contributed by atoms with Gasteiger partial charge in [0.2, 0.25) is 21.8 Å². The van der Waals surface area contributed by atoms with E-state index in [4.69, 9.17) is 9.47 Å². The highest BCUT2D eigenvalue weighted by Crippen LogP contribution is 2.33. The number of carbonyl (C=O) groups excluding carboxylic acids is 2. The van der Waals surface area contributed by atoms with Crippen LogP contribution in [0.15, 0.2) is 42.5 Å². The van der Waals surface area contributed by atoms with Gasteiger partial charge >= 0.3 is 0 Å². The summed E-state index contributed by atoms with van der Waals surface area (Å²) in [5.74, 6) is -0.792. The van der Waals surface area contributed by atoms with Crippen LogP contribution in [0.1, 0.15) is 32.8 Å². The fourth-order valence-corrected chi connectivity index (χ4v) is 4.27. The molecule has 0 aliphatic rings. The number of anilines is 1. The second-order valence-corrected chi connectivity index (χ2v) is 10.4. The summed E-state index contributed by atoms with van der Waals surface area (Å²) in [5, 5.41) is 2.85. The van der Waals surface area contributed by atoms with Gasteiger partial charge in [-0.25, -0.2) is 12.8 Å². The van der Waals surface area contributed by atoms with Crippen molar-refractivity contribution in [3.8, 4) is 11.5 Å². The summed E-state index contributed by atoms with van der Waals surface area (Å²) < 4.78 is 50.4. The van der Waals surface area contributed by atoms with Gasteiger partial charge in [-0.05, 0) is 50.1 Å². The lowest BCUT2D eigenvalue weighted by molar-refractivity contribution is -0.139. The molecule has 36 heavy (non-hydrogen) atoms. The molecule has 0 saturated carbocycles. The number of benzene rings is 2. The molecule has 0 aromatic heterocycles. The van der Waals surface area contributed by atoms with Gasteiger partial charge in [0, 0.05) is 18.7 Å². The Morgan fingerprint density at radius 1 is 1.06 bits per heavy atom. The molecular formula is C25H34FN3O6S. The van der Waals surface area contributed by atoms with Crippen molar-refractivity contribution in [3.63, 3.8) is 0 Å². The van der Waals surface area contributed by atoms with Crippen LogP contribution >= 0.6 is 0 Å². The molecule has 11 heteroatoms. The number of nitrogens with zero attached hydrogens (tertiary/aromatic N) is 2. The van der Waals surface area contributed by atoms with E-state index < -0.39 is 34.3 Å². The van der Waals surface area contributed by atoms with Crippen molar-refractivity contribution >= 4 is 27.5 Å². The van der Waals surface area contributed by atoms with Crippen molar-refractivity contribution in [2.75, 3.05) is 31.3 Å². The SMILES string of the molecule is CC[C@@H](C)NC(=O)[C@@H](C)N(Cc1ccc(F)cc1)C(=O)CN(c1ccc(OC)cc1OC)S(C)(=O)=O. The van der Waals surface area contributed by atoms with Crippen LogP contribution in [-0.4, -0.2) is 64.2 Å². The van der Waals surface area contributed by atoms with Crippen molar-refractivity contribution in [1.29, 1.82) is 0 Å². The maximum Gasteiger partial charge on any atom is 0.244 e. The highest BCUT2D eigenvalue weighted by molar-refractivity contribution is 7.92. The van der Waals surface area contributed by atoms with Crippen LogP contribution in [0, 0.1) is 5.82 Å². The molecule has 2 rings (SSSR count). The van der Waals surface area contributed by atoms with Crippen molar-refractivity contribution in [3.05, 3.63) is 53.8 Å². The van der Waals surface area contributed by atoms with Crippen LogP contribution in [0.25, 0.3) is 0 Å². The van der Waals surface area contributed by atoms with Gasteiger partial charge in [0.15, 0.2) is 0 Å². The third-order valence-electron chi connectivity index (χ3n) is 5.77. The number of halogens is 1. The number of hydrogen-bond acceptors (Lipinski definition) is 6. The monoisotopic (exact) mass is 523 g/mol. The van der Waals surface area contributed by atoms with Gasteiger partial charge in [0.25, 0.3) is 0 Å². The largest absolute Gasteiger partial charge is 0.497 e. The Bertz CT molecular complexity index is 1160. The predicted octanol–water partition coefficient (Wildman–Crippen LogP) is 2.94. The van der Waals surface area contributed by atoms with E-state index in [-0.39, 0.29) is 29.9 Å². The summed E-state index contributed by atoms with van der Waals surface area (Å²) in [6.45, 7) is 4.73. The molecule has 198 valence electrons. The Morgan fingerprint density at radius 3 is 2.22 bits per heavy atom. The molecule has 0 radical (unpaired) electrons. The first-order chi connectivity index (χ1) is 16.9. The van der Waals surface area contributed by atoms with Gasteiger partial charge in [-0.1, -0.05) is 19.1 Å². The molecule has 0 aliphatic heterocycles. The molecule has 0 aliphatic carbocycles. The molecule has 0 saturated heterocycles. The predicted molar refractivity (Wildman–Crippen MR) is 136 cm³/mol. The van der Waals surface area contributed by atoms with Gasteiger partial charge in [-0.15, -0.1) is 0 Å². The van der Waals surface area contributed by atoms with E-state index >= 15 is 0 Å². The first-order valence-electron chi connectivity index (χ1n) is 11.4. The van der Waals surface area contributed by atoms with Gasteiger partial charge in [0.1, 0.15) is 29.9 Å². The van der Waals surface area contributed by atoms with E-state index in [1.54, 1.807) is 13.0 Å². The minimum atomic E-state index is -3.93. The van der Waals surface area contributed by atoms with Gasteiger partial charge in [-0.3, -0.25) is 13.9 Å². The zero-order valence-corrected chi connectivity index (χ0v) is 22.3. The lowest BCUT2D eigenvalue weighted by atomic mass is 10.1. The maximum atomic E-state index is 13.6. The van der Waals surface area contributed by atoms with E-state index in [9.17, 15) is 22.4 Å². The molecule has 0 bridgehead atoms. The van der Waals surface area contributed by atoms with E-state index in [1.165, 1.54) is 55.5 Å². The van der Waals surface area contributed by atoms with Crippen LogP contribution in [-0.2, 0) is 26.2 Å². The molecule has 0 spiro atoms. The Kier molecular flexibility index (Phi) is 10.1. The van der Waals surface area contributed by atoms with E-state index in [1.807, 2.05) is 13.8 Å². The zero-order chi connectivity index (χ0) is 27.0. The number of hydrogen-bond donors (Lipinski definition) is 1. The van der Waals surface area contributed by atoms with Crippen LogP contribution in [0.2, 0.25) is 0 Å². The normalized spacial score (nSPS) is 12.9. The maximum absolute atomic E-state index is 13.6. The van der Waals surface area contributed by atoms with Crippen LogP contribution in [0.5, 0.6) is 11.5 Å². The minimum Gasteiger partial charge on any atom is -0.497 e. The fourth-order valence-electron chi connectivity index (χ4n) is 3.42. The third kappa shape index (κ3) is 7.58. The smallest absolute Gasteiger partial charge is 0.244 e. The lowest BCUT2D eigenvalue weighted by Gasteiger charge is -2.32. The second-order valence-electron chi connectivity index (χ2n) is 8.45. The number of rotatable bonds is 12. The van der Waals surface area contributed by atoms with Gasteiger partial charge in [0.05, 0.1) is 26.2 Å². The summed E-state index contributed by atoms with van der Waals surface area (Å²) in [4.78, 5) is 27.7. The number of sulfonamides is 1. The molecule has 2 aromatic rings. The first kappa shape index (κ1) is 28.9. The van der Waals surface area contributed by atoms with Crippen LogP contribution < -0.4 is 19.1 Å². The summed E-state index contributed by atoms with van der Waals surface area (Å²) >= 11 is 0. The Morgan fingerprint density at radius 2 is 1.69 bits per heavy atom. The summed E-state index contributed by atoms with van der Waals surface area (Å²) in [7, 11) is -1.09. The van der Waals surface area contributed by atoms with Crippen molar-refractivity contribution in [1.82, 2.24) is 10.2 Å². The van der Waals surface area contributed by atoms with Crippen LogP contribution in [0.4, 0.5) is 10.1 Å². The fraction of sp³-hybridized carbons (Fsp3) is 0.440. The van der Waals surface area contributed by atoms with Crippen molar-refractivity contribution < 1.29 is 31.9 Å². The average Bonchev–Trinajstić information content (AvgIpc) is 2.85. The molecule has 9 nitrogen and oxygen atoms in total. The van der Waals surface area contributed by atoms with E-state index in [0.29, 0.717) is 17.7 Å². The van der Waals surface area contributed by atoms with Gasteiger partial charge < -0.3 is 19.7 Å². The molecule has 0 fully saturated rings. The number of amides is 2. The van der Waals surface area contributed by atoms with Crippen molar-refractivity contribution in [2.24, 2.45) is 0 Å². The topological polar surface area (TPSA) is 105 Å². The summed E-state index contributed by atoms with van der Waals surface area (Å²) in [6.07, 6.45) is 1.68.